The summed E-state index contributed by atoms with van der Waals surface area (Å²) in [7, 11) is 2.14. The van der Waals surface area contributed by atoms with Gasteiger partial charge in [0.05, 0.1) is 12.2 Å². The van der Waals surface area contributed by atoms with Crippen molar-refractivity contribution in [3.63, 3.8) is 0 Å². The standard InChI is InChI=1S/C33H39N7O2.H2S/c1-5-30(41)40-18-17-39(20-26(40)19-34-3)32-27-14-16-38(29-13-7-11-24-10-6-9-23(2)31(24)29)21-28(27)35-33(36-32)42-22-25-12-8-15-37(25)4;/h5-7,9-11,13,25-26H,1,8,12,14-22H2,2,4H3;1H2/t25-,26?;/m0./s1. The van der Waals surface area contributed by atoms with Crippen LogP contribution < -0.4 is 14.5 Å². The van der Waals surface area contributed by atoms with Gasteiger partial charge in [0.15, 0.2) is 0 Å². The molecule has 2 atom stereocenters. The van der Waals surface area contributed by atoms with Crippen LogP contribution in [0.3, 0.4) is 0 Å². The summed E-state index contributed by atoms with van der Waals surface area (Å²) < 4.78 is 6.30. The molecule has 6 rings (SSSR count). The van der Waals surface area contributed by atoms with E-state index >= 15 is 0 Å². The minimum atomic E-state index is -0.220. The Morgan fingerprint density at radius 3 is 2.67 bits per heavy atom. The third-order valence-corrected chi connectivity index (χ3v) is 9.07. The number of aromatic nitrogens is 2. The van der Waals surface area contributed by atoms with Gasteiger partial charge in [-0.05, 0) is 62.9 Å². The van der Waals surface area contributed by atoms with E-state index in [0.717, 1.165) is 43.0 Å². The van der Waals surface area contributed by atoms with Gasteiger partial charge in [-0.1, -0.05) is 36.9 Å². The quantitative estimate of drug-likeness (QED) is 0.298. The number of likely N-dealkylation sites (N-methyl/N-ethyl adjacent to an activating group) is 1. The smallest absolute Gasteiger partial charge is 0.318 e. The second-order valence-corrected chi connectivity index (χ2v) is 11.6. The zero-order valence-electron chi connectivity index (χ0n) is 25.1. The summed E-state index contributed by atoms with van der Waals surface area (Å²) in [5.41, 5.74) is 4.61. The molecule has 0 aliphatic carbocycles. The van der Waals surface area contributed by atoms with Gasteiger partial charge in [-0.25, -0.2) is 6.57 Å². The van der Waals surface area contributed by atoms with Crippen molar-refractivity contribution < 1.29 is 9.53 Å². The minimum Gasteiger partial charge on any atom is -0.462 e. The zero-order valence-corrected chi connectivity index (χ0v) is 26.1. The van der Waals surface area contributed by atoms with Gasteiger partial charge in [-0.15, -0.1) is 0 Å². The van der Waals surface area contributed by atoms with Gasteiger partial charge < -0.3 is 29.2 Å². The second-order valence-electron chi connectivity index (χ2n) is 11.6. The van der Waals surface area contributed by atoms with Crippen LogP contribution in [-0.4, -0.2) is 90.7 Å². The van der Waals surface area contributed by atoms with Gasteiger partial charge in [-0.2, -0.15) is 23.5 Å². The molecule has 3 aromatic rings. The maximum Gasteiger partial charge on any atom is 0.318 e. The van der Waals surface area contributed by atoms with E-state index in [0.29, 0.717) is 44.8 Å². The van der Waals surface area contributed by atoms with Crippen molar-refractivity contribution in [3.05, 3.63) is 77.3 Å². The maximum atomic E-state index is 12.5. The number of carbonyl (C=O) groups excluding carboxylic acids is 1. The maximum absolute atomic E-state index is 12.5. The van der Waals surface area contributed by atoms with Crippen molar-refractivity contribution in [1.29, 1.82) is 0 Å². The Labute approximate surface area is 261 Å². The molecule has 0 bridgehead atoms. The fourth-order valence-electron chi connectivity index (χ4n) is 6.77. The fourth-order valence-corrected chi connectivity index (χ4v) is 6.77. The average Bonchev–Trinajstić information content (AvgIpc) is 3.43. The van der Waals surface area contributed by atoms with E-state index in [2.05, 4.69) is 76.5 Å². The lowest BCUT2D eigenvalue weighted by Gasteiger charge is -2.41. The highest BCUT2D eigenvalue weighted by Crippen LogP contribution is 2.36. The van der Waals surface area contributed by atoms with E-state index in [-0.39, 0.29) is 32.0 Å². The van der Waals surface area contributed by atoms with Crippen LogP contribution in [0.25, 0.3) is 15.6 Å². The first-order valence-corrected chi connectivity index (χ1v) is 14.9. The number of fused-ring (bicyclic) bond motifs is 2. The fraction of sp³-hybridized carbons (Fsp3) is 0.455. The molecule has 3 aliphatic heterocycles. The summed E-state index contributed by atoms with van der Waals surface area (Å²) in [6, 6.07) is 13.5. The largest absolute Gasteiger partial charge is 0.462 e. The highest BCUT2D eigenvalue weighted by Gasteiger charge is 2.35. The second kappa shape index (κ2) is 13.2. The Morgan fingerprint density at radius 1 is 1.12 bits per heavy atom. The topological polar surface area (TPSA) is 69.4 Å². The van der Waals surface area contributed by atoms with Crippen molar-refractivity contribution >= 4 is 41.7 Å². The predicted molar refractivity (Wildman–Crippen MR) is 176 cm³/mol. The minimum absolute atomic E-state index is 0. The summed E-state index contributed by atoms with van der Waals surface area (Å²) in [6.45, 7) is 18.4. The molecule has 0 N–H and O–H groups in total. The Morgan fingerprint density at radius 2 is 1.93 bits per heavy atom. The Hall–Kier alpha value is -3.81. The molecular weight excluding hydrogens is 558 g/mol. The Kier molecular flexibility index (Phi) is 9.43. The number of amides is 1. The lowest BCUT2D eigenvalue weighted by molar-refractivity contribution is -0.128. The van der Waals surface area contributed by atoms with Crippen LogP contribution in [0.15, 0.2) is 49.1 Å². The number of ether oxygens (including phenoxy) is 1. The summed E-state index contributed by atoms with van der Waals surface area (Å²) in [5, 5.41) is 2.52. The summed E-state index contributed by atoms with van der Waals surface area (Å²) in [5.74, 6) is 0.753. The van der Waals surface area contributed by atoms with E-state index in [1.165, 1.54) is 34.5 Å². The SMILES string of the molecule is S.[C-]#[N+]CC1CN(c2nc(OC[C@@H]3CCCN3C)nc3c2CCN(c2cccc4cccc(C)c24)C3)CCN1C(=O)C=C. The van der Waals surface area contributed by atoms with Gasteiger partial charge in [0, 0.05) is 48.9 Å². The first kappa shape index (κ1) is 30.6. The van der Waals surface area contributed by atoms with Crippen LogP contribution in [-0.2, 0) is 17.8 Å². The molecular formula is C33H41N7O2S. The van der Waals surface area contributed by atoms with Crippen LogP contribution in [0.5, 0.6) is 6.01 Å². The first-order chi connectivity index (χ1) is 20.5. The molecule has 9 nitrogen and oxygen atoms in total. The normalized spacial score (nSPS) is 20.3. The lowest BCUT2D eigenvalue weighted by Crippen LogP contribution is -2.56. The molecule has 43 heavy (non-hydrogen) atoms. The number of hydrogen-bond donors (Lipinski definition) is 0. The van der Waals surface area contributed by atoms with Gasteiger partial charge >= 0.3 is 6.01 Å². The molecule has 4 heterocycles. The van der Waals surface area contributed by atoms with Gasteiger partial charge in [0.2, 0.25) is 12.5 Å². The molecule has 1 aromatic heterocycles. The highest BCUT2D eigenvalue weighted by molar-refractivity contribution is 7.59. The number of benzene rings is 2. The van der Waals surface area contributed by atoms with Crippen molar-refractivity contribution in [2.75, 3.05) is 62.7 Å². The van der Waals surface area contributed by atoms with Crippen molar-refractivity contribution in [1.82, 2.24) is 19.8 Å². The van der Waals surface area contributed by atoms with Crippen molar-refractivity contribution in [3.8, 4) is 6.01 Å². The third kappa shape index (κ3) is 6.15. The van der Waals surface area contributed by atoms with Crippen LogP contribution >= 0.6 is 13.5 Å². The van der Waals surface area contributed by atoms with Gasteiger partial charge in [0.25, 0.3) is 0 Å². The lowest BCUT2D eigenvalue weighted by atomic mass is 9.99. The summed E-state index contributed by atoms with van der Waals surface area (Å²) in [6.07, 6.45) is 4.43. The molecule has 1 amide bonds. The number of hydrogen-bond acceptors (Lipinski definition) is 7. The van der Waals surface area contributed by atoms with Crippen LogP contribution in [0.2, 0.25) is 0 Å². The highest BCUT2D eigenvalue weighted by atomic mass is 32.1. The molecule has 226 valence electrons. The Balaban J connectivity index is 0.00000368. The number of carbonyl (C=O) groups is 1. The van der Waals surface area contributed by atoms with Crippen LogP contribution in [0.1, 0.15) is 29.7 Å². The molecule has 1 unspecified atom stereocenters. The summed E-state index contributed by atoms with van der Waals surface area (Å²) in [4.78, 5) is 34.9. The number of likely N-dealkylation sites (tertiary alicyclic amines) is 1. The van der Waals surface area contributed by atoms with E-state index in [1.807, 2.05) is 0 Å². The van der Waals surface area contributed by atoms with E-state index < -0.39 is 0 Å². The van der Waals surface area contributed by atoms with Crippen LogP contribution in [0, 0.1) is 13.5 Å². The van der Waals surface area contributed by atoms with Crippen LogP contribution in [0.4, 0.5) is 11.5 Å². The molecule has 0 spiro atoms. The molecule has 0 radical (unpaired) electrons. The van der Waals surface area contributed by atoms with E-state index in [1.54, 1.807) is 4.90 Å². The molecule has 2 fully saturated rings. The summed E-state index contributed by atoms with van der Waals surface area (Å²) >= 11 is 0. The predicted octanol–water partition coefficient (Wildman–Crippen LogP) is 4.21. The molecule has 2 saturated heterocycles. The molecule has 2 aromatic carbocycles. The first-order valence-electron chi connectivity index (χ1n) is 14.9. The average molecular weight is 600 g/mol. The Bertz CT molecular complexity index is 1530. The third-order valence-electron chi connectivity index (χ3n) is 9.07. The van der Waals surface area contributed by atoms with E-state index in [9.17, 15) is 4.79 Å². The number of anilines is 2. The number of aryl methyl sites for hydroxylation is 1. The monoisotopic (exact) mass is 599 g/mol. The molecule has 0 saturated carbocycles. The number of nitrogens with zero attached hydrogens (tertiary/aromatic N) is 7. The number of rotatable bonds is 7. The zero-order chi connectivity index (χ0) is 29.2. The molecule has 3 aliphatic rings. The van der Waals surface area contributed by atoms with Crippen molar-refractivity contribution in [2.24, 2.45) is 0 Å². The van der Waals surface area contributed by atoms with Gasteiger partial charge in [-0.3, -0.25) is 4.79 Å². The van der Waals surface area contributed by atoms with Gasteiger partial charge in [0.1, 0.15) is 18.5 Å². The number of piperazine rings is 1. The van der Waals surface area contributed by atoms with Crippen molar-refractivity contribution in [2.45, 2.75) is 44.8 Å². The molecule has 10 heteroatoms. The van der Waals surface area contributed by atoms with E-state index in [4.69, 9.17) is 21.3 Å².